The predicted molar refractivity (Wildman–Crippen MR) is 34.6 cm³/mol. The number of aliphatic hydroxyl groups is 4. The summed E-state index contributed by atoms with van der Waals surface area (Å²) in [5, 5.41) is 36.0. The molecule has 0 aromatic carbocycles. The van der Waals surface area contributed by atoms with Gasteiger partial charge in [-0.2, -0.15) is 0 Å². The second-order valence-electron chi connectivity index (χ2n) is 2.76. The standard InChI is InChI=1S/C6H12O5/c1-3-4(8)5(9)6(10,2-7)11-3/h3-5,7-10H,2H2,1H3/t3-,4-,5+,6+/m1/s1. The number of rotatable bonds is 1. The highest BCUT2D eigenvalue weighted by molar-refractivity contribution is 4.93. The van der Waals surface area contributed by atoms with E-state index in [2.05, 4.69) is 0 Å². The van der Waals surface area contributed by atoms with Crippen molar-refractivity contribution in [1.82, 2.24) is 0 Å². The summed E-state index contributed by atoms with van der Waals surface area (Å²) in [7, 11) is 0. The van der Waals surface area contributed by atoms with Crippen LogP contribution < -0.4 is 0 Å². The molecular formula is C6H12O5. The highest BCUT2D eigenvalue weighted by atomic mass is 16.7. The fourth-order valence-corrected chi connectivity index (χ4v) is 1.12. The van der Waals surface area contributed by atoms with E-state index >= 15 is 0 Å². The lowest BCUT2D eigenvalue weighted by Gasteiger charge is -2.22. The zero-order valence-electron chi connectivity index (χ0n) is 6.14. The Bertz CT molecular complexity index is 150. The van der Waals surface area contributed by atoms with E-state index in [1.165, 1.54) is 6.92 Å². The topological polar surface area (TPSA) is 90.2 Å². The van der Waals surface area contributed by atoms with Crippen molar-refractivity contribution in [3.8, 4) is 0 Å². The minimum atomic E-state index is -2.00. The van der Waals surface area contributed by atoms with Gasteiger partial charge >= 0.3 is 0 Å². The van der Waals surface area contributed by atoms with Gasteiger partial charge in [0, 0.05) is 0 Å². The van der Waals surface area contributed by atoms with Crippen LogP contribution in [-0.4, -0.2) is 51.1 Å². The Morgan fingerprint density at radius 3 is 2.18 bits per heavy atom. The van der Waals surface area contributed by atoms with Crippen molar-refractivity contribution in [2.75, 3.05) is 6.61 Å². The molecule has 5 nitrogen and oxygen atoms in total. The number of hydrogen-bond donors (Lipinski definition) is 4. The summed E-state index contributed by atoms with van der Waals surface area (Å²) in [5.41, 5.74) is 0. The lowest BCUT2D eigenvalue weighted by molar-refractivity contribution is -0.243. The third kappa shape index (κ3) is 1.25. The first-order valence-corrected chi connectivity index (χ1v) is 3.38. The molecule has 0 amide bonds. The molecule has 5 heteroatoms. The molecule has 4 N–H and O–H groups in total. The van der Waals surface area contributed by atoms with E-state index in [4.69, 9.17) is 20.1 Å². The van der Waals surface area contributed by atoms with E-state index in [0.717, 1.165) is 0 Å². The van der Waals surface area contributed by atoms with Crippen molar-refractivity contribution in [2.24, 2.45) is 0 Å². The van der Waals surface area contributed by atoms with E-state index in [1.807, 2.05) is 0 Å². The molecule has 1 aliphatic rings. The maximum atomic E-state index is 9.23. The Kier molecular flexibility index (Phi) is 2.17. The summed E-state index contributed by atoms with van der Waals surface area (Å²) in [4.78, 5) is 0. The zero-order valence-corrected chi connectivity index (χ0v) is 6.14. The lowest BCUT2D eigenvalue weighted by Crippen LogP contribution is -2.46. The monoisotopic (exact) mass is 164 g/mol. The van der Waals surface area contributed by atoms with Gasteiger partial charge in [-0.25, -0.2) is 0 Å². The first kappa shape index (κ1) is 8.89. The lowest BCUT2D eigenvalue weighted by atomic mass is 10.1. The van der Waals surface area contributed by atoms with E-state index in [9.17, 15) is 5.11 Å². The summed E-state index contributed by atoms with van der Waals surface area (Å²) < 4.78 is 4.73. The summed E-state index contributed by atoms with van der Waals surface area (Å²) in [6.45, 7) is 0.775. The molecule has 66 valence electrons. The molecule has 0 saturated carbocycles. The molecule has 1 heterocycles. The first-order valence-electron chi connectivity index (χ1n) is 3.38. The molecule has 4 atom stereocenters. The van der Waals surface area contributed by atoms with Crippen LogP contribution in [0.15, 0.2) is 0 Å². The molecule has 0 unspecified atom stereocenters. The van der Waals surface area contributed by atoms with Crippen LogP contribution in [0.25, 0.3) is 0 Å². The van der Waals surface area contributed by atoms with Crippen molar-refractivity contribution in [2.45, 2.75) is 31.0 Å². The van der Waals surface area contributed by atoms with Crippen molar-refractivity contribution in [3.05, 3.63) is 0 Å². The maximum Gasteiger partial charge on any atom is 0.219 e. The van der Waals surface area contributed by atoms with Crippen molar-refractivity contribution >= 4 is 0 Å². The average molecular weight is 164 g/mol. The Morgan fingerprint density at radius 2 is 2.00 bits per heavy atom. The second kappa shape index (κ2) is 2.69. The summed E-state index contributed by atoms with van der Waals surface area (Å²) in [6.07, 6.45) is -3.25. The van der Waals surface area contributed by atoms with Crippen LogP contribution in [0.1, 0.15) is 6.92 Å². The third-order valence-electron chi connectivity index (χ3n) is 1.88. The van der Waals surface area contributed by atoms with Gasteiger partial charge in [0.1, 0.15) is 12.2 Å². The van der Waals surface area contributed by atoms with Gasteiger partial charge in [0.25, 0.3) is 0 Å². The van der Waals surface area contributed by atoms with E-state index < -0.39 is 30.7 Å². The fourth-order valence-electron chi connectivity index (χ4n) is 1.12. The number of ether oxygens (including phenoxy) is 1. The first-order chi connectivity index (χ1) is 5.01. The van der Waals surface area contributed by atoms with Gasteiger partial charge in [-0.3, -0.25) is 0 Å². The second-order valence-corrected chi connectivity index (χ2v) is 2.76. The molecule has 0 aliphatic carbocycles. The smallest absolute Gasteiger partial charge is 0.219 e. The van der Waals surface area contributed by atoms with Crippen LogP contribution in [0, 0.1) is 0 Å². The van der Waals surface area contributed by atoms with Gasteiger partial charge in [-0.05, 0) is 6.92 Å². The van der Waals surface area contributed by atoms with Gasteiger partial charge in [0.05, 0.1) is 12.7 Å². The molecule has 0 radical (unpaired) electrons. The van der Waals surface area contributed by atoms with Crippen molar-refractivity contribution in [3.63, 3.8) is 0 Å². The van der Waals surface area contributed by atoms with Crippen LogP contribution in [0.3, 0.4) is 0 Å². The van der Waals surface area contributed by atoms with Crippen molar-refractivity contribution in [1.29, 1.82) is 0 Å². The third-order valence-corrected chi connectivity index (χ3v) is 1.88. The van der Waals surface area contributed by atoms with Gasteiger partial charge in [-0.15, -0.1) is 0 Å². The van der Waals surface area contributed by atoms with Gasteiger partial charge < -0.3 is 25.2 Å². The molecule has 1 saturated heterocycles. The molecule has 11 heavy (non-hydrogen) atoms. The summed E-state index contributed by atoms with van der Waals surface area (Å²) >= 11 is 0. The van der Waals surface area contributed by atoms with Crippen LogP contribution in [0.5, 0.6) is 0 Å². The molecule has 0 bridgehead atoms. The van der Waals surface area contributed by atoms with Crippen LogP contribution in [0.2, 0.25) is 0 Å². The number of aliphatic hydroxyl groups excluding tert-OH is 3. The fraction of sp³-hybridized carbons (Fsp3) is 1.00. The minimum Gasteiger partial charge on any atom is -0.391 e. The minimum absolute atomic E-state index is 0.665. The van der Waals surface area contributed by atoms with E-state index in [0.29, 0.717) is 0 Å². The molecule has 0 spiro atoms. The molecule has 0 aromatic heterocycles. The highest BCUT2D eigenvalue weighted by Gasteiger charge is 2.51. The largest absolute Gasteiger partial charge is 0.391 e. The van der Waals surface area contributed by atoms with Gasteiger partial charge in [0.15, 0.2) is 0 Å². The highest BCUT2D eigenvalue weighted by Crippen LogP contribution is 2.28. The average Bonchev–Trinajstić information content (AvgIpc) is 2.17. The van der Waals surface area contributed by atoms with Gasteiger partial charge in [0.2, 0.25) is 5.79 Å². The molecule has 1 rings (SSSR count). The van der Waals surface area contributed by atoms with E-state index in [-0.39, 0.29) is 0 Å². The molecule has 0 aromatic rings. The van der Waals surface area contributed by atoms with Crippen LogP contribution in [0.4, 0.5) is 0 Å². The molecular weight excluding hydrogens is 152 g/mol. The van der Waals surface area contributed by atoms with Crippen LogP contribution >= 0.6 is 0 Å². The Labute approximate surface area is 63.8 Å². The SMILES string of the molecule is C[C@H]1O[C@@](O)(CO)[C@@H](O)[C@@H]1O. The summed E-state index contributed by atoms with van der Waals surface area (Å²) in [5.74, 6) is -2.00. The normalized spacial score (nSPS) is 51.5. The Balaban J connectivity index is 2.73. The molecule has 1 fully saturated rings. The quantitative estimate of drug-likeness (QED) is 0.353. The Hall–Kier alpha value is -0.200. The molecule has 1 aliphatic heterocycles. The Morgan fingerprint density at radius 1 is 1.45 bits per heavy atom. The summed E-state index contributed by atoms with van der Waals surface area (Å²) in [6, 6.07) is 0. The van der Waals surface area contributed by atoms with Gasteiger partial charge in [-0.1, -0.05) is 0 Å². The predicted octanol–water partition coefficient (Wildman–Crippen LogP) is -2.19. The van der Waals surface area contributed by atoms with E-state index in [1.54, 1.807) is 0 Å². The zero-order chi connectivity index (χ0) is 8.65. The maximum absolute atomic E-state index is 9.23. The van der Waals surface area contributed by atoms with Crippen LogP contribution in [-0.2, 0) is 4.74 Å². The van der Waals surface area contributed by atoms with Crippen molar-refractivity contribution < 1.29 is 25.2 Å². The number of hydrogen-bond acceptors (Lipinski definition) is 5.